The van der Waals surface area contributed by atoms with Crippen molar-refractivity contribution >= 4 is 28.0 Å². The van der Waals surface area contributed by atoms with Crippen molar-refractivity contribution in [1.29, 1.82) is 0 Å². The van der Waals surface area contributed by atoms with Gasteiger partial charge in [0.2, 0.25) is 0 Å². The third kappa shape index (κ3) is 4.82. The summed E-state index contributed by atoms with van der Waals surface area (Å²) in [6, 6.07) is 20.9. The van der Waals surface area contributed by atoms with Crippen LogP contribution in [0.25, 0.3) is 16.2 Å². The highest BCUT2D eigenvalue weighted by Crippen LogP contribution is 2.24. The lowest BCUT2D eigenvalue weighted by Crippen LogP contribution is -2.36. The molecule has 8 heteroatoms. The van der Waals surface area contributed by atoms with Gasteiger partial charge in [-0.1, -0.05) is 36.4 Å². The molecule has 0 atom stereocenters. The molecule has 0 saturated carbocycles. The van der Waals surface area contributed by atoms with Crippen LogP contribution in [0.5, 0.6) is 5.75 Å². The first kappa shape index (κ1) is 21.8. The van der Waals surface area contributed by atoms with E-state index in [1.807, 2.05) is 48.5 Å². The molecule has 0 aliphatic heterocycles. The summed E-state index contributed by atoms with van der Waals surface area (Å²) in [6.45, 7) is 0.885. The van der Waals surface area contributed by atoms with Gasteiger partial charge in [0, 0.05) is 47.6 Å². The van der Waals surface area contributed by atoms with Gasteiger partial charge < -0.3 is 19.4 Å². The molecule has 3 aromatic heterocycles. The zero-order valence-corrected chi connectivity index (χ0v) is 19.5. The fourth-order valence-corrected chi connectivity index (χ4v) is 4.66. The van der Waals surface area contributed by atoms with E-state index in [1.165, 1.54) is 0 Å². The van der Waals surface area contributed by atoms with E-state index < -0.39 is 0 Å². The Hall–Kier alpha value is -4.04. The van der Waals surface area contributed by atoms with Gasteiger partial charge in [-0.05, 0) is 24.3 Å². The number of thiazole rings is 1. The number of hydrogen-bond donors (Lipinski definition) is 1. The molecule has 0 saturated heterocycles. The number of rotatable bonds is 8. The summed E-state index contributed by atoms with van der Waals surface area (Å²) in [5.41, 5.74) is 3.81. The molecule has 0 aliphatic rings. The van der Waals surface area contributed by atoms with E-state index in [2.05, 4.69) is 33.4 Å². The van der Waals surface area contributed by atoms with Crippen LogP contribution in [0.4, 0.5) is 10.5 Å². The zero-order chi connectivity index (χ0) is 23.3. The minimum Gasteiger partial charge on any atom is -0.497 e. The lowest BCUT2D eigenvalue weighted by Gasteiger charge is -2.22. The first-order valence-corrected chi connectivity index (χ1v) is 11.8. The minimum absolute atomic E-state index is 0.202. The molecule has 172 valence electrons. The Labute approximate surface area is 201 Å². The number of furan rings is 1. The number of nitrogens with zero attached hydrogens (tertiary/aromatic N) is 3. The number of ether oxygens (including phenoxy) is 1. The van der Waals surface area contributed by atoms with Gasteiger partial charge in [-0.3, -0.25) is 4.40 Å². The molecular weight excluding hydrogens is 448 g/mol. The molecule has 0 bridgehead atoms. The summed E-state index contributed by atoms with van der Waals surface area (Å²) in [5.74, 6) is 1.41. The molecule has 7 nitrogen and oxygen atoms in total. The van der Waals surface area contributed by atoms with Gasteiger partial charge in [0.25, 0.3) is 0 Å². The van der Waals surface area contributed by atoms with Crippen molar-refractivity contribution in [2.75, 3.05) is 19.0 Å². The second-order valence-corrected chi connectivity index (χ2v) is 8.62. The Morgan fingerprint density at radius 3 is 2.82 bits per heavy atom. The fourth-order valence-electron chi connectivity index (χ4n) is 3.75. The monoisotopic (exact) mass is 472 g/mol. The number of imidazole rings is 1. The molecule has 1 N–H and O–H groups in total. The number of fused-ring (bicyclic) bond motifs is 1. The highest BCUT2D eigenvalue weighted by molar-refractivity contribution is 7.15. The lowest BCUT2D eigenvalue weighted by atomic mass is 10.2. The minimum atomic E-state index is -0.202. The highest BCUT2D eigenvalue weighted by Gasteiger charge is 2.18. The van der Waals surface area contributed by atoms with E-state index in [1.54, 1.807) is 35.7 Å². The summed E-state index contributed by atoms with van der Waals surface area (Å²) >= 11 is 1.60. The number of anilines is 1. The molecule has 2 amide bonds. The van der Waals surface area contributed by atoms with Crippen LogP contribution >= 0.6 is 11.3 Å². The van der Waals surface area contributed by atoms with Crippen molar-refractivity contribution in [3.8, 4) is 17.0 Å². The van der Waals surface area contributed by atoms with Crippen LogP contribution in [0.3, 0.4) is 0 Å². The van der Waals surface area contributed by atoms with Gasteiger partial charge in [-0.25, -0.2) is 9.78 Å². The normalized spacial score (nSPS) is 11.0. The van der Waals surface area contributed by atoms with Crippen molar-refractivity contribution in [1.82, 2.24) is 14.3 Å². The van der Waals surface area contributed by atoms with Gasteiger partial charge in [-0.2, -0.15) is 0 Å². The number of carbonyl (C=O) groups is 1. The smallest absolute Gasteiger partial charge is 0.322 e. The predicted octanol–water partition coefficient (Wildman–Crippen LogP) is 5.94. The van der Waals surface area contributed by atoms with E-state index in [0.717, 1.165) is 27.7 Å². The summed E-state index contributed by atoms with van der Waals surface area (Å²) in [5, 5.41) is 5.07. The lowest BCUT2D eigenvalue weighted by molar-refractivity contribution is 0.204. The van der Waals surface area contributed by atoms with Crippen LogP contribution in [0.1, 0.15) is 11.5 Å². The fraction of sp³-hybridized carbons (Fsp3) is 0.154. The Balaban J connectivity index is 1.33. The first-order valence-electron chi connectivity index (χ1n) is 10.9. The number of nitrogens with one attached hydrogen (secondary N) is 1. The quantitative estimate of drug-likeness (QED) is 0.303. The molecule has 3 heterocycles. The van der Waals surface area contributed by atoms with Gasteiger partial charge in [0.1, 0.15) is 11.5 Å². The van der Waals surface area contributed by atoms with Gasteiger partial charge >= 0.3 is 6.03 Å². The van der Waals surface area contributed by atoms with Crippen LogP contribution in [-0.2, 0) is 13.0 Å². The maximum atomic E-state index is 13.2. The summed E-state index contributed by atoms with van der Waals surface area (Å²) in [4.78, 5) is 20.6. The second kappa shape index (κ2) is 9.84. The second-order valence-electron chi connectivity index (χ2n) is 7.78. The number of benzene rings is 2. The highest BCUT2D eigenvalue weighted by atomic mass is 32.1. The van der Waals surface area contributed by atoms with E-state index in [9.17, 15) is 4.79 Å². The molecule has 0 spiro atoms. The molecule has 5 rings (SSSR count). The molecular formula is C26H24N4O3S. The summed E-state index contributed by atoms with van der Waals surface area (Å²) < 4.78 is 12.9. The Bertz CT molecular complexity index is 1380. The van der Waals surface area contributed by atoms with Gasteiger partial charge in [0.15, 0.2) is 4.96 Å². The van der Waals surface area contributed by atoms with E-state index in [0.29, 0.717) is 30.9 Å². The Morgan fingerprint density at radius 2 is 2.03 bits per heavy atom. The maximum Gasteiger partial charge on any atom is 0.322 e. The number of urea groups is 1. The largest absolute Gasteiger partial charge is 0.497 e. The molecule has 2 aromatic carbocycles. The van der Waals surface area contributed by atoms with Crippen molar-refractivity contribution in [2.24, 2.45) is 0 Å². The third-order valence-corrected chi connectivity index (χ3v) is 6.41. The average molecular weight is 473 g/mol. The number of methoxy groups -OCH3 is 1. The Kier molecular flexibility index (Phi) is 6.31. The van der Waals surface area contributed by atoms with Crippen LogP contribution in [0, 0.1) is 0 Å². The van der Waals surface area contributed by atoms with Crippen LogP contribution in [0.2, 0.25) is 0 Å². The Morgan fingerprint density at radius 1 is 1.15 bits per heavy atom. The van der Waals surface area contributed by atoms with Crippen LogP contribution < -0.4 is 10.1 Å². The number of amides is 2. The molecule has 5 aromatic rings. The summed E-state index contributed by atoms with van der Waals surface area (Å²) in [6.07, 6.45) is 4.35. The number of aromatic nitrogens is 2. The zero-order valence-electron chi connectivity index (χ0n) is 18.7. The molecule has 0 aliphatic carbocycles. The third-order valence-electron chi connectivity index (χ3n) is 5.53. The standard InChI is InChI=1S/C26H24N4O3S/c1-32-22-10-5-9-20(15-22)27-25(31)29(16-23-11-6-14-33-23)13-12-21-18-34-26-28-24(17-30(21)26)19-7-3-2-4-8-19/h2-11,14-15,17-18H,12-13,16H2,1H3,(H,27,31). The molecule has 34 heavy (non-hydrogen) atoms. The van der Waals surface area contributed by atoms with E-state index in [4.69, 9.17) is 14.1 Å². The van der Waals surface area contributed by atoms with Gasteiger partial charge in [-0.15, -0.1) is 11.3 Å². The molecule has 0 fully saturated rings. The van der Waals surface area contributed by atoms with Gasteiger partial charge in [0.05, 0.1) is 25.6 Å². The SMILES string of the molecule is COc1cccc(NC(=O)N(CCc2csc3nc(-c4ccccc4)cn23)Cc2ccco2)c1. The maximum absolute atomic E-state index is 13.2. The molecule has 0 unspecified atom stereocenters. The summed E-state index contributed by atoms with van der Waals surface area (Å²) in [7, 11) is 1.60. The number of hydrogen-bond acceptors (Lipinski definition) is 5. The van der Waals surface area contributed by atoms with Crippen molar-refractivity contribution in [3.05, 3.63) is 96.0 Å². The van der Waals surface area contributed by atoms with E-state index >= 15 is 0 Å². The topological polar surface area (TPSA) is 72.0 Å². The average Bonchev–Trinajstić information content (AvgIpc) is 3.61. The number of carbonyl (C=O) groups excluding carboxylic acids is 1. The molecule has 0 radical (unpaired) electrons. The first-order chi connectivity index (χ1) is 16.7. The van der Waals surface area contributed by atoms with Crippen molar-refractivity contribution in [2.45, 2.75) is 13.0 Å². The van der Waals surface area contributed by atoms with Crippen LogP contribution in [-0.4, -0.2) is 34.0 Å². The predicted molar refractivity (Wildman–Crippen MR) is 133 cm³/mol. The van der Waals surface area contributed by atoms with Crippen molar-refractivity contribution < 1.29 is 13.9 Å². The van der Waals surface area contributed by atoms with Crippen LogP contribution in [0.15, 0.2) is 89.0 Å². The van der Waals surface area contributed by atoms with E-state index in [-0.39, 0.29) is 6.03 Å². The van der Waals surface area contributed by atoms with Crippen molar-refractivity contribution in [3.63, 3.8) is 0 Å².